The molecular weight excluding hydrogens is 210 g/mol. The van der Waals surface area contributed by atoms with Gasteiger partial charge >= 0.3 is 0 Å². The van der Waals surface area contributed by atoms with E-state index in [1.54, 1.807) is 22.7 Å². The van der Waals surface area contributed by atoms with Gasteiger partial charge in [0.1, 0.15) is 9.02 Å². The van der Waals surface area contributed by atoms with Crippen LogP contribution in [0.3, 0.4) is 0 Å². The summed E-state index contributed by atoms with van der Waals surface area (Å²) in [7, 11) is 0. The molecule has 0 aliphatic carbocycles. The molecule has 1 aromatic carbocycles. The van der Waals surface area contributed by atoms with Gasteiger partial charge in [0.25, 0.3) is 0 Å². The van der Waals surface area contributed by atoms with Gasteiger partial charge in [0, 0.05) is 5.56 Å². The molecule has 0 amide bonds. The van der Waals surface area contributed by atoms with Crippen LogP contribution in [0.25, 0.3) is 20.1 Å². The lowest BCUT2D eigenvalue weighted by Crippen LogP contribution is -1.72. The lowest BCUT2D eigenvalue weighted by atomic mass is 10.2. The molecule has 0 spiro atoms. The van der Waals surface area contributed by atoms with E-state index in [1.165, 1.54) is 9.58 Å². The van der Waals surface area contributed by atoms with Crippen LogP contribution in [0, 0.1) is 0 Å². The molecule has 1 nitrogen and oxygen atoms in total. The van der Waals surface area contributed by atoms with Crippen molar-refractivity contribution in [1.29, 1.82) is 0 Å². The molecule has 0 aliphatic heterocycles. The normalized spacial score (nSPS) is 10.9. The third-order valence-corrected chi connectivity index (χ3v) is 4.19. The van der Waals surface area contributed by atoms with Crippen LogP contribution in [-0.4, -0.2) is 4.98 Å². The molecule has 0 radical (unpaired) electrons. The maximum atomic E-state index is 4.57. The minimum Gasteiger partial charge on any atom is -0.235 e. The fourth-order valence-electron chi connectivity index (χ4n) is 1.37. The number of rotatable bonds is 1. The Bertz CT molecular complexity index is 522. The first-order valence-corrected chi connectivity index (χ1v) is 6.02. The van der Waals surface area contributed by atoms with Gasteiger partial charge in [-0.05, 0) is 11.4 Å². The van der Waals surface area contributed by atoms with E-state index < -0.39 is 0 Å². The van der Waals surface area contributed by atoms with E-state index in [-0.39, 0.29) is 0 Å². The summed E-state index contributed by atoms with van der Waals surface area (Å²) >= 11 is 3.52. The summed E-state index contributed by atoms with van der Waals surface area (Å²) in [4.78, 5) is 4.57. The van der Waals surface area contributed by atoms with E-state index in [0.29, 0.717) is 0 Å². The molecule has 2 aromatic heterocycles. The largest absolute Gasteiger partial charge is 0.235 e. The van der Waals surface area contributed by atoms with Crippen molar-refractivity contribution in [2.24, 2.45) is 0 Å². The average Bonchev–Trinajstić information content (AvgIpc) is 2.78. The van der Waals surface area contributed by atoms with Gasteiger partial charge in [-0.2, -0.15) is 0 Å². The van der Waals surface area contributed by atoms with Crippen LogP contribution < -0.4 is 0 Å². The molecule has 0 saturated carbocycles. The summed E-state index contributed by atoms with van der Waals surface area (Å²) < 4.78 is 1.31. The van der Waals surface area contributed by atoms with Crippen molar-refractivity contribution in [3.05, 3.63) is 41.8 Å². The third-order valence-electron chi connectivity index (χ3n) is 2.04. The van der Waals surface area contributed by atoms with Gasteiger partial charge < -0.3 is 0 Å². The first-order valence-electron chi connectivity index (χ1n) is 4.33. The third kappa shape index (κ3) is 1.25. The highest BCUT2D eigenvalue weighted by molar-refractivity contribution is 7.38. The number of nitrogens with zero attached hydrogens (tertiary/aromatic N) is 1. The van der Waals surface area contributed by atoms with Crippen molar-refractivity contribution in [2.75, 3.05) is 0 Å². The number of thiazole rings is 1. The van der Waals surface area contributed by atoms with E-state index in [9.17, 15) is 0 Å². The van der Waals surface area contributed by atoms with Gasteiger partial charge in [-0.15, -0.1) is 22.7 Å². The molecule has 3 aromatic rings. The molecule has 0 fully saturated rings. The number of aromatic nitrogens is 1. The van der Waals surface area contributed by atoms with Crippen molar-refractivity contribution in [1.82, 2.24) is 4.98 Å². The van der Waals surface area contributed by atoms with Gasteiger partial charge in [0.15, 0.2) is 0 Å². The first-order chi connectivity index (χ1) is 6.93. The summed E-state index contributed by atoms with van der Waals surface area (Å²) in [5.74, 6) is 0. The van der Waals surface area contributed by atoms with Crippen LogP contribution in [0.2, 0.25) is 0 Å². The van der Waals surface area contributed by atoms with Crippen LogP contribution >= 0.6 is 22.7 Å². The summed E-state index contributed by atoms with van der Waals surface area (Å²) in [6.45, 7) is 0. The molecule has 3 heteroatoms. The Labute approximate surface area is 89.7 Å². The van der Waals surface area contributed by atoms with Gasteiger partial charge in [0.05, 0.1) is 5.52 Å². The lowest BCUT2D eigenvalue weighted by Gasteiger charge is -1.92. The quantitative estimate of drug-likeness (QED) is 0.600. The molecule has 14 heavy (non-hydrogen) atoms. The molecule has 3 rings (SSSR count). The fourth-order valence-corrected chi connectivity index (χ4v) is 3.31. The molecule has 2 heterocycles. The molecule has 0 unspecified atom stereocenters. The number of hydrogen-bond acceptors (Lipinski definition) is 3. The van der Waals surface area contributed by atoms with E-state index >= 15 is 0 Å². The number of benzene rings is 1. The molecule has 68 valence electrons. The Kier molecular flexibility index (Phi) is 1.85. The second-order valence-electron chi connectivity index (χ2n) is 2.98. The van der Waals surface area contributed by atoms with Crippen molar-refractivity contribution < 1.29 is 0 Å². The number of fused-ring (bicyclic) bond motifs is 1. The molecule has 0 bridgehead atoms. The van der Waals surface area contributed by atoms with Crippen molar-refractivity contribution in [3.63, 3.8) is 0 Å². The molecular formula is C11H7NS2. The Morgan fingerprint density at radius 3 is 2.64 bits per heavy atom. The van der Waals surface area contributed by atoms with E-state index in [0.717, 1.165) is 10.5 Å². The minimum absolute atomic E-state index is 1.12. The van der Waals surface area contributed by atoms with E-state index in [4.69, 9.17) is 0 Å². The molecule has 0 N–H and O–H groups in total. The highest BCUT2D eigenvalue weighted by atomic mass is 32.2. The molecule has 0 aliphatic rings. The zero-order valence-electron chi connectivity index (χ0n) is 7.31. The molecule has 0 atom stereocenters. The van der Waals surface area contributed by atoms with Crippen molar-refractivity contribution in [2.45, 2.75) is 0 Å². The smallest absolute Gasteiger partial charge is 0.125 e. The summed E-state index contributed by atoms with van der Waals surface area (Å²) in [6.07, 6.45) is 0. The topological polar surface area (TPSA) is 12.9 Å². The Balaban J connectivity index is 2.19. The lowest BCUT2D eigenvalue weighted by molar-refractivity contribution is 1.48. The Hall–Kier alpha value is -1.19. The van der Waals surface area contributed by atoms with E-state index in [2.05, 4.69) is 28.6 Å². The number of thiophene rings is 1. The monoisotopic (exact) mass is 217 g/mol. The van der Waals surface area contributed by atoms with Gasteiger partial charge in [-0.25, -0.2) is 4.98 Å². The van der Waals surface area contributed by atoms with Crippen LogP contribution in [0.5, 0.6) is 0 Å². The average molecular weight is 217 g/mol. The second-order valence-corrected chi connectivity index (χ2v) is 5.15. The Morgan fingerprint density at radius 1 is 1.00 bits per heavy atom. The van der Waals surface area contributed by atoms with Crippen molar-refractivity contribution in [3.8, 4) is 10.6 Å². The highest BCUT2D eigenvalue weighted by Gasteiger charge is 2.05. The predicted octanol–water partition coefficient (Wildman–Crippen LogP) is 4.02. The molecule has 0 saturated heterocycles. The SMILES string of the molecule is c1ccc(-c2nc3ccsc3s2)cc1. The van der Waals surface area contributed by atoms with Crippen molar-refractivity contribution >= 4 is 32.2 Å². The minimum atomic E-state index is 1.12. The van der Waals surface area contributed by atoms with Crippen LogP contribution in [0.4, 0.5) is 0 Å². The van der Waals surface area contributed by atoms with Gasteiger partial charge in [-0.1, -0.05) is 30.3 Å². The summed E-state index contributed by atoms with van der Waals surface area (Å²) in [6, 6.07) is 12.4. The van der Waals surface area contributed by atoms with Gasteiger partial charge in [0.2, 0.25) is 0 Å². The number of hydrogen-bond donors (Lipinski definition) is 0. The predicted molar refractivity (Wildman–Crippen MR) is 62.9 cm³/mol. The van der Waals surface area contributed by atoms with Crippen LogP contribution in [-0.2, 0) is 0 Å². The fraction of sp³-hybridized carbons (Fsp3) is 0. The summed E-state index contributed by atoms with van der Waals surface area (Å²) in [5.41, 5.74) is 2.33. The van der Waals surface area contributed by atoms with E-state index in [1.807, 2.05) is 18.2 Å². The van der Waals surface area contributed by atoms with Crippen LogP contribution in [0.15, 0.2) is 41.8 Å². The van der Waals surface area contributed by atoms with Crippen LogP contribution in [0.1, 0.15) is 0 Å². The summed E-state index contributed by atoms with van der Waals surface area (Å²) in [5, 5.41) is 3.20. The zero-order valence-corrected chi connectivity index (χ0v) is 8.94. The second kappa shape index (κ2) is 3.19. The standard InChI is InChI=1S/C11H7NS2/c1-2-4-8(5-3-1)10-12-9-6-7-13-11(9)14-10/h1-7H. The highest BCUT2D eigenvalue weighted by Crippen LogP contribution is 2.32. The maximum Gasteiger partial charge on any atom is 0.125 e. The van der Waals surface area contributed by atoms with Gasteiger partial charge in [-0.3, -0.25) is 0 Å². The first kappa shape index (κ1) is 8.15. The zero-order chi connectivity index (χ0) is 9.38. The Morgan fingerprint density at radius 2 is 1.86 bits per heavy atom. The maximum absolute atomic E-state index is 4.57.